The van der Waals surface area contributed by atoms with Crippen LogP contribution in [0.15, 0.2) is 30.9 Å². The minimum Gasteiger partial charge on any atom is -0.472 e. The molecule has 122 valence electrons. The van der Waals surface area contributed by atoms with E-state index in [1.807, 2.05) is 19.9 Å². The third kappa shape index (κ3) is 4.06. The van der Waals surface area contributed by atoms with Crippen LogP contribution >= 0.6 is 0 Å². The third-order valence-corrected chi connectivity index (χ3v) is 3.68. The van der Waals surface area contributed by atoms with Crippen LogP contribution in [0.4, 0.5) is 11.8 Å². The maximum atomic E-state index is 5.71. The van der Waals surface area contributed by atoms with Crippen LogP contribution in [0.3, 0.4) is 0 Å². The van der Waals surface area contributed by atoms with Gasteiger partial charge in [0.15, 0.2) is 5.82 Å². The predicted molar refractivity (Wildman–Crippen MR) is 88.7 cm³/mol. The van der Waals surface area contributed by atoms with Crippen molar-refractivity contribution < 1.29 is 4.74 Å². The van der Waals surface area contributed by atoms with Gasteiger partial charge in [-0.2, -0.15) is 0 Å². The number of nitrogens with one attached hydrogen (secondary N) is 1. The molecule has 0 aliphatic carbocycles. The summed E-state index contributed by atoms with van der Waals surface area (Å²) in [5.74, 6) is 2.08. The van der Waals surface area contributed by atoms with E-state index in [0.717, 1.165) is 37.7 Å². The van der Waals surface area contributed by atoms with E-state index in [2.05, 4.69) is 30.2 Å². The summed E-state index contributed by atoms with van der Waals surface area (Å²) in [6, 6.07) is 2.18. The van der Waals surface area contributed by atoms with E-state index in [9.17, 15) is 0 Å². The first kappa shape index (κ1) is 15.5. The van der Waals surface area contributed by atoms with Crippen LogP contribution in [0, 0.1) is 0 Å². The Morgan fingerprint density at radius 1 is 1.04 bits per heavy atom. The molecule has 7 nitrogen and oxygen atoms in total. The van der Waals surface area contributed by atoms with Gasteiger partial charge in [0.05, 0.1) is 6.10 Å². The van der Waals surface area contributed by atoms with E-state index in [1.54, 1.807) is 24.8 Å². The summed E-state index contributed by atoms with van der Waals surface area (Å²) in [7, 11) is 0. The van der Waals surface area contributed by atoms with E-state index in [-0.39, 0.29) is 6.10 Å². The summed E-state index contributed by atoms with van der Waals surface area (Å²) in [4.78, 5) is 19.5. The van der Waals surface area contributed by atoms with Crippen molar-refractivity contribution in [3.8, 4) is 5.88 Å². The Labute approximate surface area is 136 Å². The number of ether oxygens (including phenoxy) is 1. The molecule has 0 bridgehead atoms. The van der Waals surface area contributed by atoms with Crippen LogP contribution in [0.5, 0.6) is 5.88 Å². The summed E-state index contributed by atoms with van der Waals surface area (Å²) < 4.78 is 5.71. The number of piperidine rings is 1. The second-order valence-electron chi connectivity index (χ2n) is 5.83. The van der Waals surface area contributed by atoms with Crippen molar-refractivity contribution in [2.75, 3.05) is 23.3 Å². The van der Waals surface area contributed by atoms with Crippen LogP contribution in [-0.4, -0.2) is 45.2 Å². The summed E-state index contributed by atoms with van der Waals surface area (Å²) in [5, 5.41) is 3.46. The number of aromatic nitrogens is 4. The van der Waals surface area contributed by atoms with Crippen LogP contribution in [0.25, 0.3) is 0 Å². The number of hydrogen-bond donors (Lipinski definition) is 1. The molecule has 1 aliphatic heterocycles. The Morgan fingerprint density at radius 3 is 2.43 bits per heavy atom. The van der Waals surface area contributed by atoms with Gasteiger partial charge >= 0.3 is 0 Å². The molecular weight excluding hydrogens is 292 g/mol. The quantitative estimate of drug-likeness (QED) is 0.906. The fraction of sp³-hybridized carbons (Fsp3) is 0.500. The number of hydrogen-bond acceptors (Lipinski definition) is 7. The first-order chi connectivity index (χ1) is 11.2. The zero-order valence-electron chi connectivity index (χ0n) is 13.5. The lowest BCUT2D eigenvalue weighted by Crippen LogP contribution is -2.40. The van der Waals surface area contributed by atoms with Gasteiger partial charge in [0.1, 0.15) is 0 Å². The average molecular weight is 314 g/mol. The average Bonchev–Trinajstić information content (AvgIpc) is 2.58. The van der Waals surface area contributed by atoms with Crippen LogP contribution in [0.2, 0.25) is 0 Å². The molecule has 0 saturated carbocycles. The maximum absolute atomic E-state index is 5.71. The minimum atomic E-state index is 0.0735. The molecule has 1 aliphatic rings. The third-order valence-electron chi connectivity index (χ3n) is 3.68. The molecule has 0 aromatic carbocycles. The van der Waals surface area contributed by atoms with Gasteiger partial charge < -0.3 is 15.0 Å². The molecule has 0 amide bonds. The summed E-state index contributed by atoms with van der Waals surface area (Å²) in [6.07, 6.45) is 8.96. The summed E-state index contributed by atoms with van der Waals surface area (Å²) >= 11 is 0. The molecule has 7 heteroatoms. The maximum Gasteiger partial charge on any atom is 0.257 e. The van der Waals surface area contributed by atoms with E-state index >= 15 is 0 Å². The van der Waals surface area contributed by atoms with E-state index in [0.29, 0.717) is 11.9 Å². The molecule has 3 heterocycles. The standard InChI is InChI=1S/C16H22N6O/c1-12(2)23-15-14(17-8-9-18-15)21-13-4-10-22(11-5-13)16-19-6-3-7-20-16/h3,6-9,12-13H,4-5,10-11H2,1-2H3,(H,17,21). The van der Waals surface area contributed by atoms with Gasteiger partial charge in [0, 0.05) is 43.9 Å². The van der Waals surface area contributed by atoms with Gasteiger partial charge in [-0.1, -0.05) is 0 Å². The van der Waals surface area contributed by atoms with E-state index in [4.69, 9.17) is 4.74 Å². The van der Waals surface area contributed by atoms with Gasteiger partial charge in [-0.3, -0.25) is 0 Å². The molecule has 1 N–H and O–H groups in total. The summed E-state index contributed by atoms with van der Waals surface area (Å²) in [6.45, 7) is 5.80. The predicted octanol–water partition coefficient (Wildman–Crippen LogP) is 2.13. The lowest BCUT2D eigenvalue weighted by Gasteiger charge is -2.32. The second-order valence-corrected chi connectivity index (χ2v) is 5.83. The molecule has 2 aromatic heterocycles. The SMILES string of the molecule is CC(C)Oc1nccnc1NC1CCN(c2ncccn2)CC1. The van der Waals surface area contributed by atoms with Crippen LogP contribution in [-0.2, 0) is 0 Å². The smallest absolute Gasteiger partial charge is 0.257 e. The Balaban J connectivity index is 1.59. The Hall–Kier alpha value is -2.44. The molecule has 0 unspecified atom stereocenters. The van der Waals surface area contributed by atoms with Crippen molar-refractivity contribution in [2.24, 2.45) is 0 Å². The van der Waals surface area contributed by atoms with E-state index in [1.165, 1.54) is 0 Å². The highest BCUT2D eigenvalue weighted by molar-refractivity contribution is 5.46. The topological polar surface area (TPSA) is 76.1 Å². The van der Waals surface area contributed by atoms with Gasteiger partial charge in [-0.15, -0.1) is 0 Å². The van der Waals surface area contributed by atoms with Crippen LogP contribution in [0.1, 0.15) is 26.7 Å². The van der Waals surface area contributed by atoms with Gasteiger partial charge in [-0.25, -0.2) is 19.9 Å². The van der Waals surface area contributed by atoms with Crippen molar-refractivity contribution in [1.82, 2.24) is 19.9 Å². The molecule has 1 fully saturated rings. The first-order valence-corrected chi connectivity index (χ1v) is 7.98. The monoisotopic (exact) mass is 314 g/mol. The lowest BCUT2D eigenvalue weighted by atomic mass is 10.1. The molecule has 0 atom stereocenters. The molecule has 1 saturated heterocycles. The molecule has 23 heavy (non-hydrogen) atoms. The largest absolute Gasteiger partial charge is 0.472 e. The highest BCUT2D eigenvalue weighted by atomic mass is 16.5. The first-order valence-electron chi connectivity index (χ1n) is 7.98. The van der Waals surface area contributed by atoms with Crippen molar-refractivity contribution in [2.45, 2.75) is 38.8 Å². The van der Waals surface area contributed by atoms with Gasteiger partial charge in [-0.05, 0) is 32.8 Å². The highest BCUT2D eigenvalue weighted by Crippen LogP contribution is 2.23. The van der Waals surface area contributed by atoms with Crippen LogP contribution < -0.4 is 15.0 Å². The Morgan fingerprint density at radius 2 is 1.74 bits per heavy atom. The Bertz CT molecular complexity index is 613. The molecule has 0 radical (unpaired) electrons. The molecule has 0 spiro atoms. The van der Waals surface area contributed by atoms with Crippen molar-refractivity contribution in [3.63, 3.8) is 0 Å². The fourth-order valence-corrected chi connectivity index (χ4v) is 2.61. The number of rotatable bonds is 5. The van der Waals surface area contributed by atoms with Crippen molar-refractivity contribution in [3.05, 3.63) is 30.9 Å². The normalized spacial score (nSPS) is 15.7. The fourth-order valence-electron chi connectivity index (χ4n) is 2.61. The Kier molecular flexibility index (Phi) is 4.85. The van der Waals surface area contributed by atoms with Gasteiger partial charge in [0.2, 0.25) is 5.95 Å². The highest BCUT2D eigenvalue weighted by Gasteiger charge is 2.22. The summed E-state index contributed by atoms with van der Waals surface area (Å²) in [5.41, 5.74) is 0. The molecule has 2 aromatic rings. The zero-order valence-corrected chi connectivity index (χ0v) is 13.5. The van der Waals surface area contributed by atoms with Crippen molar-refractivity contribution in [1.29, 1.82) is 0 Å². The number of anilines is 2. The minimum absolute atomic E-state index is 0.0735. The van der Waals surface area contributed by atoms with Gasteiger partial charge in [0.25, 0.3) is 5.88 Å². The van der Waals surface area contributed by atoms with E-state index < -0.39 is 0 Å². The molecular formula is C16H22N6O. The number of nitrogens with zero attached hydrogens (tertiary/aromatic N) is 5. The lowest BCUT2D eigenvalue weighted by molar-refractivity contribution is 0.233. The second kappa shape index (κ2) is 7.21. The molecule has 3 rings (SSSR count). The van der Waals surface area contributed by atoms with Crippen molar-refractivity contribution >= 4 is 11.8 Å². The zero-order chi connectivity index (χ0) is 16.1.